The van der Waals surface area contributed by atoms with Crippen molar-refractivity contribution in [3.05, 3.63) is 29.1 Å². The van der Waals surface area contributed by atoms with Gasteiger partial charge in [0.25, 0.3) is 0 Å². The molecule has 1 aromatic carbocycles. The van der Waals surface area contributed by atoms with Crippen molar-refractivity contribution >= 4 is 21.1 Å². The van der Waals surface area contributed by atoms with Gasteiger partial charge < -0.3 is 4.98 Å². The van der Waals surface area contributed by atoms with Crippen molar-refractivity contribution in [1.29, 1.82) is 0 Å². The van der Waals surface area contributed by atoms with Gasteiger partial charge >= 0.3 is 0 Å². The number of benzene rings is 1. The molecule has 0 unspecified atom stereocenters. The number of fused-ring (bicyclic) bond motifs is 1. The summed E-state index contributed by atoms with van der Waals surface area (Å²) in [5, 5.41) is -0.144. The minimum absolute atomic E-state index is 0.144. The van der Waals surface area contributed by atoms with Gasteiger partial charge in [-0.2, -0.15) is 0 Å². The van der Waals surface area contributed by atoms with E-state index in [1.807, 2.05) is 6.07 Å². The van der Waals surface area contributed by atoms with E-state index in [0.717, 1.165) is 42.5 Å². The monoisotopic (exact) mass is 307 g/mol. The lowest BCUT2D eigenvalue weighted by molar-refractivity contribution is 0.577. The molecule has 0 amide bonds. The van der Waals surface area contributed by atoms with Crippen molar-refractivity contribution in [2.24, 2.45) is 0 Å². The lowest BCUT2D eigenvalue weighted by Crippen LogP contribution is -2.28. The standard InChI is InChI=1S/C15H21N3O2S/c1-10-5-8-13-15(11(10)2)18-14(17-13)4-3-9-16-21(19,20)12-6-7-12/h5,8,12,16H,3-4,6-7,9H2,1-2H3,(H,17,18). The molecule has 2 aromatic rings. The lowest BCUT2D eigenvalue weighted by Gasteiger charge is -2.03. The van der Waals surface area contributed by atoms with Gasteiger partial charge in [-0.3, -0.25) is 0 Å². The molecule has 0 spiro atoms. The Bertz CT molecular complexity index is 761. The molecule has 1 saturated carbocycles. The van der Waals surface area contributed by atoms with Crippen LogP contribution in [0.25, 0.3) is 11.0 Å². The number of hydrogen-bond donors (Lipinski definition) is 2. The second-order valence-electron chi connectivity index (χ2n) is 5.83. The summed E-state index contributed by atoms with van der Waals surface area (Å²) in [6.45, 7) is 4.63. The van der Waals surface area contributed by atoms with E-state index >= 15 is 0 Å². The fraction of sp³-hybridized carbons (Fsp3) is 0.533. The van der Waals surface area contributed by atoms with Crippen LogP contribution in [0.2, 0.25) is 0 Å². The van der Waals surface area contributed by atoms with E-state index in [4.69, 9.17) is 0 Å². The van der Waals surface area contributed by atoms with Gasteiger partial charge in [-0.1, -0.05) is 6.07 Å². The summed E-state index contributed by atoms with van der Waals surface area (Å²) in [6, 6.07) is 4.13. The fourth-order valence-electron chi connectivity index (χ4n) is 2.45. The van der Waals surface area contributed by atoms with E-state index in [2.05, 4.69) is 34.6 Å². The van der Waals surface area contributed by atoms with Gasteiger partial charge in [0.15, 0.2) is 0 Å². The predicted molar refractivity (Wildman–Crippen MR) is 83.8 cm³/mol. The maximum atomic E-state index is 11.7. The van der Waals surface area contributed by atoms with Crippen LogP contribution in [0.3, 0.4) is 0 Å². The van der Waals surface area contributed by atoms with Gasteiger partial charge in [-0.25, -0.2) is 18.1 Å². The third kappa shape index (κ3) is 3.11. The number of nitrogens with zero attached hydrogens (tertiary/aromatic N) is 1. The molecule has 0 bridgehead atoms. The van der Waals surface area contributed by atoms with Crippen molar-refractivity contribution in [2.75, 3.05) is 6.54 Å². The van der Waals surface area contributed by atoms with Gasteiger partial charge in [0, 0.05) is 13.0 Å². The molecule has 5 nitrogen and oxygen atoms in total. The number of aryl methyl sites for hydroxylation is 3. The Balaban J connectivity index is 1.59. The smallest absolute Gasteiger partial charge is 0.214 e. The summed E-state index contributed by atoms with van der Waals surface area (Å²) in [5.74, 6) is 0.921. The lowest BCUT2D eigenvalue weighted by atomic mass is 10.1. The Morgan fingerprint density at radius 1 is 1.33 bits per heavy atom. The highest BCUT2D eigenvalue weighted by Gasteiger charge is 2.35. The van der Waals surface area contributed by atoms with Gasteiger partial charge in [-0.15, -0.1) is 0 Å². The molecule has 1 aromatic heterocycles. The normalized spacial score (nSPS) is 15.7. The van der Waals surface area contributed by atoms with E-state index in [1.54, 1.807) is 0 Å². The molecule has 3 rings (SSSR count). The van der Waals surface area contributed by atoms with Crippen molar-refractivity contribution in [3.8, 4) is 0 Å². The SMILES string of the molecule is Cc1ccc2[nH]c(CCCNS(=O)(=O)C3CC3)nc2c1C. The quantitative estimate of drug-likeness (QED) is 0.803. The Morgan fingerprint density at radius 3 is 2.81 bits per heavy atom. The Kier molecular flexibility index (Phi) is 3.75. The van der Waals surface area contributed by atoms with Crippen LogP contribution in [0.15, 0.2) is 12.1 Å². The van der Waals surface area contributed by atoms with Gasteiger partial charge in [0.1, 0.15) is 5.82 Å². The minimum atomic E-state index is -3.06. The van der Waals surface area contributed by atoms with Crippen LogP contribution in [0, 0.1) is 13.8 Å². The molecule has 1 fully saturated rings. The number of rotatable bonds is 6. The van der Waals surface area contributed by atoms with E-state index in [9.17, 15) is 8.42 Å². The number of nitrogens with one attached hydrogen (secondary N) is 2. The second kappa shape index (κ2) is 5.42. The number of aromatic amines is 1. The number of H-pyrrole nitrogens is 1. The minimum Gasteiger partial charge on any atom is -0.342 e. The molecular weight excluding hydrogens is 286 g/mol. The summed E-state index contributed by atoms with van der Waals surface area (Å²) in [6.07, 6.45) is 3.11. The highest BCUT2D eigenvalue weighted by molar-refractivity contribution is 7.90. The number of hydrogen-bond acceptors (Lipinski definition) is 3. The molecule has 114 valence electrons. The predicted octanol–water partition coefficient (Wildman–Crippen LogP) is 2.19. The Morgan fingerprint density at radius 2 is 2.10 bits per heavy atom. The molecule has 21 heavy (non-hydrogen) atoms. The average molecular weight is 307 g/mol. The van der Waals surface area contributed by atoms with E-state index in [-0.39, 0.29) is 5.25 Å². The Hall–Kier alpha value is -1.40. The van der Waals surface area contributed by atoms with E-state index in [0.29, 0.717) is 6.54 Å². The molecule has 2 N–H and O–H groups in total. The molecule has 1 heterocycles. The summed E-state index contributed by atoms with van der Waals surface area (Å²) < 4.78 is 26.1. The van der Waals surface area contributed by atoms with Crippen LogP contribution in [-0.2, 0) is 16.4 Å². The van der Waals surface area contributed by atoms with Crippen molar-refractivity contribution in [2.45, 2.75) is 44.8 Å². The molecule has 0 saturated heterocycles. The largest absolute Gasteiger partial charge is 0.342 e. The molecular formula is C15H21N3O2S. The number of sulfonamides is 1. The fourth-order valence-corrected chi connectivity index (χ4v) is 3.87. The van der Waals surface area contributed by atoms with Gasteiger partial charge in [-0.05, 0) is 50.3 Å². The summed E-state index contributed by atoms with van der Waals surface area (Å²) in [5.41, 5.74) is 4.50. The van der Waals surface area contributed by atoms with E-state index < -0.39 is 10.0 Å². The van der Waals surface area contributed by atoms with Crippen LogP contribution < -0.4 is 4.72 Å². The zero-order valence-corrected chi connectivity index (χ0v) is 13.3. The first-order chi connectivity index (χ1) is 9.97. The molecule has 6 heteroatoms. The highest BCUT2D eigenvalue weighted by atomic mass is 32.2. The summed E-state index contributed by atoms with van der Waals surface area (Å²) in [4.78, 5) is 7.93. The van der Waals surface area contributed by atoms with Gasteiger partial charge in [0.05, 0.1) is 16.3 Å². The topological polar surface area (TPSA) is 74.8 Å². The maximum Gasteiger partial charge on any atom is 0.214 e. The van der Waals surface area contributed by atoms with E-state index in [1.165, 1.54) is 11.1 Å². The van der Waals surface area contributed by atoms with Gasteiger partial charge in [0.2, 0.25) is 10.0 Å². The van der Waals surface area contributed by atoms with Crippen LogP contribution in [-0.4, -0.2) is 30.2 Å². The van der Waals surface area contributed by atoms with Crippen LogP contribution in [0.5, 0.6) is 0 Å². The zero-order chi connectivity index (χ0) is 15.0. The molecule has 1 aliphatic carbocycles. The third-order valence-electron chi connectivity index (χ3n) is 4.08. The van der Waals surface area contributed by atoms with Crippen LogP contribution in [0.4, 0.5) is 0 Å². The molecule has 1 aliphatic rings. The summed E-state index contributed by atoms with van der Waals surface area (Å²) in [7, 11) is -3.06. The third-order valence-corrected chi connectivity index (χ3v) is 6.04. The second-order valence-corrected chi connectivity index (χ2v) is 7.87. The maximum absolute atomic E-state index is 11.7. The zero-order valence-electron chi connectivity index (χ0n) is 12.4. The van der Waals surface area contributed by atoms with Crippen molar-refractivity contribution in [1.82, 2.24) is 14.7 Å². The number of imidazole rings is 1. The summed E-state index contributed by atoms with van der Waals surface area (Å²) >= 11 is 0. The van der Waals surface area contributed by atoms with Crippen LogP contribution >= 0.6 is 0 Å². The Labute approximate surface area is 125 Å². The first kappa shape index (κ1) is 14.5. The van der Waals surface area contributed by atoms with Crippen LogP contribution in [0.1, 0.15) is 36.2 Å². The number of aromatic nitrogens is 2. The average Bonchev–Trinajstić information content (AvgIpc) is 3.21. The highest BCUT2D eigenvalue weighted by Crippen LogP contribution is 2.27. The first-order valence-corrected chi connectivity index (χ1v) is 8.95. The first-order valence-electron chi connectivity index (χ1n) is 7.40. The molecule has 0 radical (unpaired) electrons. The molecule has 0 atom stereocenters. The van der Waals surface area contributed by atoms with Crippen molar-refractivity contribution < 1.29 is 8.42 Å². The molecule has 0 aliphatic heterocycles. The van der Waals surface area contributed by atoms with Crippen molar-refractivity contribution in [3.63, 3.8) is 0 Å².